The molecule has 0 aliphatic carbocycles. The summed E-state index contributed by atoms with van der Waals surface area (Å²) in [5.41, 5.74) is 5.61. The van der Waals surface area contributed by atoms with E-state index in [0.29, 0.717) is 0 Å². The Kier molecular flexibility index (Phi) is 3.90. The molecule has 13 heavy (non-hydrogen) atoms. The summed E-state index contributed by atoms with van der Waals surface area (Å²) in [5, 5.41) is 0. The lowest BCUT2D eigenvalue weighted by atomic mass is 10.1. The highest BCUT2D eigenvalue weighted by Gasteiger charge is 2.12. The standard InChI is InChI=1S/C9H13N3S/c1-3-4-5-8(12-10)9-7(2)11-6-13-9/h6,8,12H,5,10H2,1-2H3. The number of aromatic nitrogens is 1. The molecular weight excluding hydrogens is 182 g/mol. The van der Waals surface area contributed by atoms with E-state index in [1.165, 1.54) is 4.88 Å². The first-order chi connectivity index (χ1) is 6.29. The molecule has 4 heteroatoms. The highest BCUT2D eigenvalue weighted by molar-refractivity contribution is 7.09. The number of rotatable bonds is 3. The number of thiazole rings is 1. The third-order valence-corrected chi connectivity index (χ3v) is 2.83. The van der Waals surface area contributed by atoms with Crippen LogP contribution in [0.1, 0.15) is 30.0 Å². The summed E-state index contributed by atoms with van der Waals surface area (Å²) in [6.45, 7) is 3.81. The molecule has 0 amide bonds. The molecule has 1 heterocycles. The van der Waals surface area contributed by atoms with Crippen LogP contribution in [0, 0.1) is 18.8 Å². The fourth-order valence-electron chi connectivity index (χ4n) is 1.08. The van der Waals surface area contributed by atoms with Crippen LogP contribution in [-0.4, -0.2) is 4.98 Å². The van der Waals surface area contributed by atoms with E-state index in [9.17, 15) is 0 Å². The van der Waals surface area contributed by atoms with Gasteiger partial charge < -0.3 is 0 Å². The number of nitrogens with zero attached hydrogens (tertiary/aromatic N) is 1. The van der Waals surface area contributed by atoms with Gasteiger partial charge in [0.05, 0.1) is 17.2 Å². The molecule has 70 valence electrons. The van der Waals surface area contributed by atoms with Crippen molar-refractivity contribution in [2.24, 2.45) is 5.84 Å². The zero-order valence-corrected chi connectivity index (χ0v) is 8.61. The van der Waals surface area contributed by atoms with E-state index in [4.69, 9.17) is 5.84 Å². The summed E-state index contributed by atoms with van der Waals surface area (Å²) >= 11 is 1.61. The van der Waals surface area contributed by atoms with Gasteiger partial charge in [-0.15, -0.1) is 23.2 Å². The molecule has 0 saturated carbocycles. The molecule has 0 radical (unpaired) electrons. The lowest BCUT2D eigenvalue weighted by Gasteiger charge is -2.10. The van der Waals surface area contributed by atoms with Gasteiger partial charge in [0.1, 0.15) is 0 Å². The Morgan fingerprint density at radius 3 is 3.00 bits per heavy atom. The van der Waals surface area contributed by atoms with Gasteiger partial charge >= 0.3 is 0 Å². The lowest BCUT2D eigenvalue weighted by Crippen LogP contribution is -2.27. The molecule has 1 atom stereocenters. The van der Waals surface area contributed by atoms with Crippen molar-refractivity contribution in [3.63, 3.8) is 0 Å². The van der Waals surface area contributed by atoms with Gasteiger partial charge in [0.2, 0.25) is 0 Å². The third kappa shape index (κ3) is 2.52. The number of aryl methyl sites for hydroxylation is 1. The first-order valence-electron chi connectivity index (χ1n) is 4.05. The van der Waals surface area contributed by atoms with Gasteiger partial charge in [-0.3, -0.25) is 11.3 Å². The smallest absolute Gasteiger partial charge is 0.0798 e. The topological polar surface area (TPSA) is 50.9 Å². The lowest BCUT2D eigenvalue weighted by molar-refractivity contribution is 0.573. The van der Waals surface area contributed by atoms with E-state index in [-0.39, 0.29) is 6.04 Å². The maximum absolute atomic E-state index is 5.43. The second-order valence-electron chi connectivity index (χ2n) is 2.65. The SMILES string of the molecule is CC#CCC(NN)c1scnc1C. The average Bonchev–Trinajstić information content (AvgIpc) is 2.54. The zero-order chi connectivity index (χ0) is 9.68. The van der Waals surface area contributed by atoms with Gasteiger partial charge in [0, 0.05) is 11.3 Å². The maximum atomic E-state index is 5.43. The Labute approximate surface area is 82.3 Å². The molecule has 3 N–H and O–H groups in total. The largest absolute Gasteiger partial charge is 0.271 e. The molecule has 0 bridgehead atoms. The zero-order valence-electron chi connectivity index (χ0n) is 7.79. The first kappa shape index (κ1) is 10.2. The van der Waals surface area contributed by atoms with Crippen LogP contribution in [0.3, 0.4) is 0 Å². The van der Waals surface area contributed by atoms with E-state index >= 15 is 0 Å². The second kappa shape index (κ2) is 4.97. The molecule has 0 spiro atoms. The van der Waals surface area contributed by atoms with Crippen LogP contribution in [0.15, 0.2) is 5.51 Å². The van der Waals surface area contributed by atoms with Crippen molar-refractivity contribution in [3.8, 4) is 11.8 Å². The van der Waals surface area contributed by atoms with E-state index in [1.807, 2.05) is 19.4 Å². The van der Waals surface area contributed by atoms with Gasteiger partial charge in [-0.2, -0.15) is 0 Å². The summed E-state index contributed by atoms with van der Waals surface area (Å²) in [5.74, 6) is 11.3. The normalized spacial score (nSPS) is 11.9. The molecule has 1 aromatic rings. The number of nitrogens with two attached hydrogens (primary N) is 1. The fraction of sp³-hybridized carbons (Fsp3) is 0.444. The van der Waals surface area contributed by atoms with E-state index < -0.39 is 0 Å². The number of hydrogen-bond acceptors (Lipinski definition) is 4. The molecule has 0 saturated heterocycles. The average molecular weight is 195 g/mol. The summed E-state index contributed by atoms with van der Waals surface area (Å²) in [6, 6.07) is 0.111. The molecule has 1 unspecified atom stereocenters. The molecule has 1 aromatic heterocycles. The predicted octanol–water partition coefficient (Wildman–Crippen LogP) is 1.37. The van der Waals surface area contributed by atoms with Crippen molar-refractivity contribution in [2.45, 2.75) is 26.3 Å². The Bertz CT molecular complexity index is 321. The first-order valence-corrected chi connectivity index (χ1v) is 4.93. The van der Waals surface area contributed by atoms with Crippen molar-refractivity contribution >= 4 is 11.3 Å². The van der Waals surface area contributed by atoms with Crippen molar-refractivity contribution < 1.29 is 0 Å². The highest BCUT2D eigenvalue weighted by atomic mass is 32.1. The summed E-state index contributed by atoms with van der Waals surface area (Å²) in [6.07, 6.45) is 0.732. The Morgan fingerprint density at radius 1 is 1.77 bits per heavy atom. The maximum Gasteiger partial charge on any atom is 0.0798 e. The van der Waals surface area contributed by atoms with Crippen LogP contribution < -0.4 is 11.3 Å². The molecule has 0 aromatic carbocycles. The van der Waals surface area contributed by atoms with Crippen LogP contribution in [0.2, 0.25) is 0 Å². The van der Waals surface area contributed by atoms with Crippen LogP contribution in [0.5, 0.6) is 0 Å². The molecular formula is C9H13N3S. The fourth-order valence-corrected chi connectivity index (χ4v) is 1.94. The molecule has 0 aliphatic rings. The van der Waals surface area contributed by atoms with Gasteiger partial charge in [-0.1, -0.05) is 0 Å². The van der Waals surface area contributed by atoms with E-state index in [1.54, 1.807) is 11.3 Å². The van der Waals surface area contributed by atoms with Crippen molar-refractivity contribution in [1.82, 2.24) is 10.4 Å². The minimum atomic E-state index is 0.111. The van der Waals surface area contributed by atoms with Crippen LogP contribution in [0.4, 0.5) is 0 Å². The Balaban J connectivity index is 2.76. The quantitative estimate of drug-likeness (QED) is 0.435. The molecule has 1 rings (SSSR count). The van der Waals surface area contributed by atoms with Crippen LogP contribution >= 0.6 is 11.3 Å². The van der Waals surface area contributed by atoms with Gasteiger partial charge in [0.25, 0.3) is 0 Å². The second-order valence-corrected chi connectivity index (χ2v) is 3.54. The Hall–Kier alpha value is -0.890. The Morgan fingerprint density at radius 2 is 2.54 bits per heavy atom. The summed E-state index contributed by atoms with van der Waals surface area (Å²) in [4.78, 5) is 5.34. The molecule has 3 nitrogen and oxygen atoms in total. The van der Waals surface area contributed by atoms with Gasteiger partial charge in [-0.25, -0.2) is 4.98 Å². The van der Waals surface area contributed by atoms with Crippen molar-refractivity contribution in [3.05, 3.63) is 16.1 Å². The molecule has 0 aliphatic heterocycles. The highest BCUT2D eigenvalue weighted by Crippen LogP contribution is 2.22. The third-order valence-electron chi connectivity index (χ3n) is 1.78. The minimum Gasteiger partial charge on any atom is -0.271 e. The summed E-state index contributed by atoms with van der Waals surface area (Å²) in [7, 11) is 0. The van der Waals surface area contributed by atoms with Gasteiger partial charge in [-0.05, 0) is 13.8 Å². The van der Waals surface area contributed by atoms with Crippen molar-refractivity contribution in [1.29, 1.82) is 0 Å². The molecule has 0 fully saturated rings. The predicted molar refractivity (Wildman–Crippen MR) is 55.0 cm³/mol. The van der Waals surface area contributed by atoms with E-state index in [2.05, 4.69) is 22.3 Å². The van der Waals surface area contributed by atoms with Crippen LogP contribution in [0.25, 0.3) is 0 Å². The summed E-state index contributed by atoms with van der Waals surface area (Å²) < 4.78 is 0. The van der Waals surface area contributed by atoms with E-state index in [0.717, 1.165) is 12.1 Å². The van der Waals surface area contributed by atoms with Crippen molar-refractivity contribution in [2.75, 3.05) is 0 Å². The number of hydrazine groups is 1. The number of hydrogen-bond donors (Lipinski definition) is 2. The number of nitrogens with one attached hydrogen (secondary N) is 1. The van der Waals surface area contributed by atoms with Crippen LogP contribution in [-0.2, 0) is 0 Å². The monoisotopic (exact) mass is 195 g/mol. The minimum absolute atomic E-state index is 0.111. The van der Waals surface area contributed by atoms with Gasteiger partial charge in [0.15, 0.2) is 0 Å².